The van der Waals surface area contributed by atoms with Crippen LogP contribution in [-0.2, 0) is 0 Å². The van der Waals surface area contributed by atoms with Gasteiger partial charge in [0.15, 0.2) is 11.0 Å². The average Bonchev–Trinajstić information content (AvgIpc) is 2.98. The Bertz CT molecular complexity index is 1020. The molecule has 0 radical (unpaired) electrons. The number of H-pyrrole nitrogens is 1. The van der Waals surface area contributed by atoms with Crippen LogP contribution in [0.3, 0.4) is 0 Å². The number of nitrogens with zero attached hydrogens (tertiary/aromatic N) is 2. The molecule has 0 fully saturated rings. The van der Waals surface area contributed by atoms with E-state index in [9.17, 15) is 4.79 Å². The molecule has 0 atom stereocenters. The number of para-hydroxylation sites is 2. The first-order chi connectivity index (χ1) is 9.83. The number of hydrogen-bond acceptors (Lipinski definition) is 3. The summed E-state index contributed by atoms with van der Waals surface area (Å²) in [6.07, 6.45) is 3.54. The van der Waals surface area contributed by atoms with Crippen molar-refractivity contribution >= 4 is 33.4 Å². The Kier molecular flexibility index (Phi) is 2.40. The Morgan fingerprint density at radius 2 is 2.00 bits per heavy atom. The van der Waals surface area contributed by atoms with Gasteiger partial charge in [-0.2, -0.15) is 0 Å². The Morgan fingerprint density at radius 3 is 2.85 bits per heavy atom. The van der Waals surface area contributed by atoms with Crippen LogP contribution in [0.15, 0.2) is 53.5 Å². The highest BCUT2D eigenvalue weighted by Gasteiger charge is 2.17. The molecule has 20 heavy (non-hydrogen) atoms. The van der Waals surface area contributed by atoms with Crippen molar-refractivity contribution in [1.82, 2.24) is 9.38 Å². The van der Waals surface area contributed by atoms with Gasteiger partial charge in [0.2, 0.25) is 0 Å². The topological polar surface area (TPSA) is 48.5 Å². The highest BCUT2D eigenvalue weighted by Crippen LogP contribution is 2.11. The van der Waals surface area contributed by atoms with E-state index in [2.05, 4.69) is 9.97 Å². The lowest BCUT2D eigenvalue weighted by Gasteiger charge is -1.86. The third-order valence-electron chi connectivity index (χ3n) is 3.18. The van der Waals surface area contributed by atoms with Gasteiger partial charge in [-0.15, -0.1) is 4.40 Å². The van der Waals surface area contributed by atoms with Crippen LogP contribution in [-0.4, -0.2) is 9.38 Å². The van der Waals surface area contributed by atoms with Gasteiger partial charge in [-0.3, -0.25) is 4.98 Å². The van der Waals surface area contributed by atoms with E-state index < -0.39 is 0 Å². The Balaban J connectivity index is 2.06. The van der Waals surface area contributed by atoms with E-state index in [0.717, 1.165) is 21.7 Å². The second-order valence-electron chi connectivity index (χ2n) is 4.45. The normalized spacial score (nSPS) is 12.5. The molecule has 0 aliphatic heterocycles. The predicted octanol–water partition coefficient (Wildman–Crippen LogP) is 1.27. The summed E-state index contributed by atoms with van der Waals surface area (Å²) in [6.45, 7) is 0. The Morgan fingerprint density at radius 1 is 1.15 bits per heavy atom. The molecule has 1 aromatic carbocycles. The number of nitrogens with one attached hydrogen (secondary N) is 1. The summed E-state index contributed by atoms with van der Waals surface area (Å²) in [5, 5.41) is 0. The van der Waals surface area contributed by atoms with E-state index in [0.29, 0.717) is 4.53 Å². The van der Waals surface area contributed by atoms with E-state index in [4.69, 9.17) is 0 Å². The minimum atomic E-state index is -0.00639. The van der Waals surface area contributed by atoms with Crippen LogP contribution in [0.5, 0.6) is 0 Å². The smallest absolute Gasteiger partial charge is 0.257 e. The monoisotopic (exact) mass is 280 g/mol. The molecule has 1 N–H and O–H groups in total. The molecule has 4 nitrogen and oxygen atoms in total. The molecule has 0 saturated heterocycles. The summed E-state index contributed by atoms with van der Waals surface area (Å²) in [5.74, 6) is 0. The molecular formula is C15H10N3OS+. The molecule has 0 spiro atoms. The maximum atomic E-state index is 12.5. The van der Waals surface area contributed by atoms with Gasteiger partial charge < -0.3 is 0 Å². The number of thiazole rings is 1. The number of hydrogen-bond donors (Lipinski definition) is 0. The molecule has 0 saturated carbocycles. The highest BCUT2D eigenvalue weighted by molar-refractivity contribution is 7.14. The lowest BCUT2D eigenvalue weighted by molar-refractivity contribution is -0.308. The molecule has 0 aliphatic rings. The van der Waals surface area contributed by atoms with Crippen LogP contribution in [0.25, 0.3) is 22.1 Å². The SMILES string of the molecule is O=c1c(=Cc2ccccn2)sc2[nH+]c3ccccc3n12. The first kappa shape index (κ1) is 11.3. The van der Waals surface area contributed by atoms with E-state index in [-0.39, 0.29) is 5.56 Å². The zero-order valence-corrected chi connectivity index (χ0v) is 11.2. The van der Waals surface area contributed by atoms with Crippen molar-refractivity contribution in [2.75, 3.05) is 0 Å². The third kappa shape index (κ3) is 1.64. The lowest BCUT2D eigenvalue weighted by Crippen LogP contribution is -2.22. The molecule has 5 heteroatoms. The van der Waals surface area contributed by atoms with Gasteiger partial charge in [0.25, 0.3) is 0 Å². The maximum absolute atomic E-state index is 12.5. The van der Waals surface area contributed by atoms with Crippen LogP contribution in [0.1, 0.15) is 5.69 Å². The quantitative estimate of drug-likeness (QED) is 0.527. The van der Waals surface area contributed by atoms with Gasteiger partial charge in [0.05, 0.1) is 5.69 Å². The summed E-state index contributed by atoms with van der Waals surface area (Å²) in [6, 6.07) is 13.4. The van der Waals surface area contributed by atoms with Crippen molar-refractivity contribution < 1.29 is 4.98 Å². The van der Waals surface area contributed by atoms with E-state index in [1.165, 1.54) is 11.3 Å². The average molecular weight is 280 g/mol. The third-order valence-corrected chi connectivity index (χ3v) is 4.17. The highest BCUT2D eigenvalue weighted by atomic mass is 32.1. The van der Waals surface area contributed by atoms with Crippen molar-refractivity contribution in [2.45, 2.75) is 0 Å². The predicted molar refractivity (Wildman–Crippen MR) is 78.6 cm³/mol. The minimum Gasteiger partial charge on any atom is -0.257 e. The Hall–Kier alpha value is -2.53. The number of aromatic nitrogens is 3. The van der Waals surface area contributed by atoms with Crippen molar-refractivity contribution in [3.05, 3.63) is 69.2 Å². The van der Waals surface area contributed by atoms with Gasteiger partial charge in [-0.1, -0.05) is 18.2 Å². The molecule has 0 aliphatic carbocycles. The first-order valence-electron chi connectivity index (χ1n) is 6.21. The van der Waals surface area contributed by atoms with Gasteiger partial charge in [-0.25, -0.2) is 9.78 Å². The molecule has 4 rings (SSSR count). The Labute approximate surface area is 117 Å². The number of rotatable bonds is 1. The van der Waals surface area contributed by atoms with Crippen molar-refractivity contribution in [1.29, 1.82) is 0 Å². The van der Waals surface area contributed by atoms with Crippen molar-refractivity contribution in [3.63, 3.8) is 0 Å². The molecule has 0 unspecified atom stereocenters. The van der Waals surface area contributed by atoms with Gasteiger partial charge in [-0.05, 0) is 41.7 Å². The molecule has 96 valence electrons. The largest absolute Gasteiger partial charge is 0.357 e. The standard InChI is InChI=1S/C15H9N3OS/c19-14-13(9-10-5-3-4-8-16-10)20-15-17-11-6-1-2-7-12(11)18(14)15/h1-9H/p+1. The molecule has 0 amide bonds. The zero-order chi connectivity index (χ0) is 13.5. The summed E-state index contributed by atoms with van der Waals surface area (Å²) >= 11 is 1.44. The second kappa shape index (κ2) is 4.25. The van der Waals surface area contributed by atoms with Crippen molar-refractivity contribution in [3.8, 4) is 0 Å². The summed E-state index contributed by atoms with van der Waals surface area (Å²) < 4.78 is 2.40. The molecule has 3 aromatic heterocycles. The summed E-state index contributed by atoms with van der Waals surface area (Å²) in [7, 11) is 0. The van der Waals surface area contributed by atoms with E-state index in [1.807, 2.05) is 48.5 Å². The number of benzene rings is 1. The first-order valence-corrected chi connectivity index (χ1v) is 7.02. The van der Waals surface area contributed by atoms with Crippen LogP contribution in [0, 0.1) is 0 Å². The lowest BCUT2D eigenvalue weighted by atomic mass is 10.3. The fourth-order valence-electron chi connectivity index (χ4n) is 2.27. The van der Waals surface area contributed by atoms with E-state index in [1.54, 1.807) is 10.6 Å². The zero-order valence-electron chi connectivity index (χ0n) is 10.4. The minimum absolute atomic E-state index is 0.00639. The maximum Gasteiger partial charge on any atom is 0.357 e. The van der Waals surface area contributed by atoms with Gasteiger partial charge >= 0.3 is 10.5 Å². The molecular weight excluding hydrogens is 270 g/mol. The molecule has 4 aromatic rings. The fraction of sp³-hybridized carbons (Fsp3) is 0. The molecule has 0 bridgehead atoms. The molecule has 3 heterocycles. The number of fused-ring (bicyclic) bond motifs is 3. The fourth-order valence-corrected chi connectivity index (χ4v) is 3.27. The van der Waals surface area contributed by atoms with Crippen LogP contribution >= 0.6 is 11.3 Å². The number of pyridine rings is 1. The van der Waals surface area contributed by atoms with Gasteiger partial charge in [0.1, 0.15) is 4.53 Å². The van der Waals surface area contributed by atoms with Crippen LogP contribution in [0.2, 0.25) is 0 Å². The van der Waals surface area contributed by atoms with E-state index >= 15 is 0 Å². The number of imidazole rings is 1. The van der Waals surface area contributed by atoms with Crippen molar-refractivity contribution in [2.24, 2.45) is 0 Å². The number of aromatic amines is 1. The van der Waals surface area contributed by atoms with Crippen LogP contribution < -0.4 is 15.1 Å². The van der Waals surface area contributed by atoms with Gasteiger partial charge in [0, 0.05) is 6.20 Å². The summed E-state index contributed by atoms with van der Waals surface area (Å²) in [4.78, 5) is 20.8. The summed E-state index contributed by atoms with van der Waals surface area (Å²) in [5.41, 5.74) is 2.66. The van der Waals surface area contributed by atoms with Crippen LogP contribution in [0.4, 0.5) is 0 Å². The second-order valence-corrected chi connectivity index (χ2v) is 5.48.